The number of H-pyrrole nitrogens is 1. The number of aromatic nitrogens is 1. The number of hydrogen-bond acceptors (Lipinski definition) is 6. The van der Waals surface area contributed by atoms with Crippen LogP contribution in [0.2, 0.25) is 0 Å². The Morgan fingerprint density at radius 2 is 1.68 bits per heavy atom. The van der Waals surface area contributed by atoms with Crippen molar-refractivity contribution in [2.45, 2.75) is 13.8 Å². The molecule has 0 aliphatic heterocycles. The second-order valence-corrected chi connectivity index (χ2v) is 5.35. The van der Waals surface area contributed by atoms with Crippen LogP contribution in [0.1, 0.15) is 31.8 Å². The average Bonchev–Trinajstić information content (AvgIpc) is 2.49. The fourth-order valence-electron chi connectivity index (χ4n) is 2.69. The predicted octanol–water partition coefficient (Wildman–Crippen LogP) is 1.35. The first kappa shape index (κ1) is 17.9. The van der Waals surface area contributed by atoms with Crippen LogP contribution in [0, 0.1) is 13.8 Å². The summed E-state index contributed by atoms with van der Waals surface area (Å²) < 4.78 is 5.18. The minimum absolute atomic E-state index is 0.135. The zero-order chi connectivity index (χ0) is 19.0. The Morgan fingerprint density at radius 3 is 2.16 bits per heavy atom. The van der Waals surface area contributed by atoms with E-state index in [2.05, 4.69) is 0 Å². The number of nitrogens with two attached hydrogens (primary N) is 1. The highest BCUT2D eigenvalue weighted by Gasteiger charge is 2.30. The minimum Gasteiger partial charge on any atom is -0.507 e. The number of methoxy groups -OCH3 is 1. The Balaban J connectivity index is 3.18. The number of rotatable bonds is 4. The predicted molar refractivity (Wildman–Crippen MR) is 88.5 cm³/mol. The molecule has 132 valence electrons. The molecule has 2 rings (SSSR count). The van der Waals surface area contributed by atoms with Gasteiger partial charge in [0.1, 0.15) is 28.4 Å². The average molecular weight is 348 g/mol. The van der Waals surface area contributed by atoms with Gasteiger partial charge in [-0.2, -0.15) is 0 Å². The number of hydrogen-bond donors (Lipinski definition) is 5. The van der Waals surface area contributed by atoms with Gasteiger partial charge >= 0.3 is 11.9 Å². The number of carbonyl (C=O) groups is 2. The van der Waals surface area contributed by atoms with E-state index >= 15 is 0 Å². The quantitative estimate of drug-likeness (QED) is 0.552. The fraction of sp³-hybridized carbons (Fsp3) is 0.188. The summed E-state index contributed by atoms with van der Waals surface area (Å²) in [6.45, 7) is 3.03. The third-order valence-electron chi connectivity index (χ3n) is 3.84. The van der Waals surface area contributed by atoms with Crippen molar-refractivity contribution in [1.82, 2.24) is 4.98 Å². The number of pyridine rings is 1. The first-order valence-electron chi connectivity index (χ1n) is 7.01. The number of aromatic amines is 1. The molecule has 6 N–H and O–H groups in total. The van der Waals surface area contributed by atoms with Gasteiger partial charge in [0.2, 0.25) is 0 Å². The number of aryl methyl sites for hydroxylation is 1. The van der Waals surface area contributed by atoms with Crippen LogP contribution in [0.15, 0.2) is 10.9 Å². The van der Waals surface area contributed by atoms with E-state index in [0.29, 0.717) is 5.56 Å². The summed E-state index contributed by atoms with van der Waals surface area (Å²) in [4.78, 5) is 37.4. The van der Waals surface area contributed by atoms with Gasteiger partial charge in [0.25, 0.3) is 5.56 Å². The van der Waals surface area contributed by atoms with Crippen LogP contribution < -0.4 is 16.0 Å². The van der Waals surface area contributed by atoms with Crippen molar-refractivity contribution in [3.63, 3.8) is 0 Å². The molecule has 0 unspecified atom stereocenters. The van der Waals surface area contributed by atoms with Gasteiger partial charge in [-0.1, -0.05) is 0 Å². The van der Waals surface area contributed by atoms with E-state index in [4.69, 9.17) is 10.5 Å². The van der Waals surface area contributed by atoms with Gasteiger partial charge in [0.05, 0.1) is 7.11 Å². The zero-order valence-corrected chi connectivity index (χ0v) is 13.6. The molecular weight excluding hydrogens is 332 g/mol. The van der Waals surface area contributed by atoms with Gasteiger partial charge in [0.15, 0.2) is 0 Å². The van der Waals surface area contributed by atoms with Crippen molar-refractivity contribution in [3.8, 4) is 22.6 Å². The van der Waals surface area contributed by atoms with Crippen molar-refractivity contribution in [1.29, 1.82) is 0 Å². The number of aromatic hydroxyl groups is 1. The molecule has 1 aromatic heterocycles. The van der Waals surface area contributed by atoms with E-state index in [9.17, 15) is 29.7 Å². The number of phenols is 1. The van der Waals surface area contributed by atoms with Crippen molar-refractivity contribution < 1.29 is 29.6 Å². The molecule has 0 amide bonds. The van der Waals surface area contributed by atoms with Crippen molar-refractivity contribution in [2.24, 2.45) is 0 Å². The molecule has 0 aliphatic rings. The van der Waals surface area contributed by atoms with Crippen LogP contribution in [0.5, 0.6) is 11.5 Å². The molecule has 2 aromatic rings. The second-order valence-electron chi connectivity index (χ2n) is 5.35. The first-order valence-corrected chi connectivity index (χ1v) is 7.01. The Morgan fingerprint density at radius 1 is 1.12 bits per heavy atom. The molecule has 0 radical (unpaired) electrons. The molecule has 0 fully saturated rings. The molecule has 0 bridgehead atoms. The maximum Gasteiger partial charge on any atom is 0.342 e. The fourth-order valence-corrected chi connectivity index (χ4v) is 2.69. The van der Waals surface area contributed by atoms with Crippen molar-refractivity contribution in [3.05, 3.63) is 38.7 Å². The van der Waals surface area contributed by atoms with E-state index in [1.54, 1.807) is 0 Å². The lowest BCUT2D eigenvalue weighted by Crippen LogP contribution is -2.24. The number of anilines is 1. The summed E-state index contributed by atoms with van der Waals surface area (Å²) in [5, 5.41) is 29.3. The number of nitrogens with one attached hydrogen (secondary N) is 1. The van der Waals surface area contributed by atoms with Gasteiger partial charge in [-0.3, -0.25) is 4.79 Å². The Labute approximate surface area is 141 Å². The third-order valence-corrected chi connectivity index (χ3v) is 3.84. The van der Waals surface area contributed by atoms with Crippen LogP contribution in [0.4, 0.5) is 5.82 Å². The number of carboxylic acid groups (broad SMARTS) is 2. The lowest BCUT2D eigenvalue weighted by molar-refractivity contribution is 0.0695. The van der Waals surface area contributed by atoms with Crippen LogP contribution >= 0.6 is 0 Å². The van der Waals surface area contributed by atoms with Gasteiger partial charge in [-0.15, -0.1) is 0 Å². The van der Waals surface area contributed by atoms with Crippen molar-refractivity contribution >= 4 is 17.8 Å². The number of benzene rings is 1. The summed E-state index contributed by atoms with van der Waals surface area (Å²) in [7, 11) is 1.37. The number of aromatic carboxylic acids is 2. The molecule has 0 saturated heterocycles. The lowest BCUT2D eigenvalue weighted by atomic mass is 9.89. The molecule has 0 aliphatic carbocycles. The lowest BCUT2D eigenvalue weighted by Gasteiger charge is -2.18. The summed E-state index contributed by atoms with van der Waals surface area (Å²) in [6, 6.07) is 1.51. The number of nitrogen functional groups attached to an aromatic ring is 1. The normalized spacial score (nSPS) is 10.5. The largest absolute Gasteiger partial charge is 0.507 e. The molecule has 9 nitrogen and oxygen atoms in total. The van der Waals surface area contributed by atoms with Crippen molar-refractivity contribution in [2.75, 3.05) is 12.8 Å². The molecule has 0 saturated carbocycles. The van der Waals surface area contributed by atoms with Crippen LogP contribution in [0.25, 0.3) is 11.1 Å². The molecule has 1 heterocycles. The first-order chi connectivity index (χ1) is 11.6. The molecule has 0 spiro atoms. The highest BCUT2D eigenvalue weighted by molar-refractivity contribution is 6.08. The smallest absolute Gasteiger partial charge is 0.342 e. The third kappa shape index (κ3) is 2.75. The van der Waals surface area contributed by atoms with Gasteiger partial charge in [-0.05, 0) is 25.5 Å². The highest BCUT2D eigenvalue weighted by atomic mass is 16.5. The topological polar surface area (TPSA) is 163 Å². The zero-order valence-electron chi connectivity index (χ0n) is 13.6. The Hall–Kier alpha value is -3.49. The van der Waals surface area contributed by atoms with Gasteiger partial charge in [-0.25, -0.2) is 9.59 Å². The molecule has 9 heteroatoms. The minimum atomic E-state index is -1.65. The summed E-state index contributed by atoms with van der Waals surface area (Å²) >= 11 is 0. The Kier molecular flexibility index (Phi) is 4.42. The highest BCUT2D eigenvalue weighted by Crippen LogP contribution is 2.43. The van der Waals surface area contributed by atoms with E-state index in [1.807, 2.05) is 4.98 Å². The molecular formula is C16H16N2O7. The maximum atomic E-state index is 12.1. The summed E-state index contributed by atoms with van der Waals surface area (Å²) in [6.07, 6.45) is 0. The summed E-state index contributed by atoms with van der Waals surface area (Å²) in [5.41, 5.74) is 3.02. The van der Waals surface area contributed by atoms with E-state index in [0.717, 1.165) is 0 Å². The summed E-state index contributed by atoms with van der Waals surface area (Å²) in [5.74, 6) is -3.80. The van der Waals surface area contributed by atoms with E-state index in [1.165, 1.54) is 27.0 Å². The standard InChI is InChI=1S/C16H16N2O7/c1-5-4-7(25-3)6(2)8(12(5)19)9-10(15(21)22)13(17)18-14(20)11(9)16(23)24/h4,19H,1-3H3,(H,21,22)(H,23,24)(H3,17,18,20). The molecule has 0 atom stereocenters. The van der Waals surface area contributed by atoms with E-state index in [-0.39, 0.29) is 22.6 Å². The molecule has 1 aromatic carbocycles. The van der Waals surface area contributed by atoms with Gasteiger partial charge < -0.3 is 30.8 Å². The number of phenolic OH excluding ortho intramolecular Hbond substituents is 1. The van der Waals surface area contributed by atoms with Crippen LogP contribution in [-0.2, 0) is 0 Å². The number of carboxylic acids is 2. The monoisotopic (exact) mass is 348 g/mol. The van der Waals surface area contributed by atoms with Crippen LogP contribution in [0.3, 0.4) is 0 Å². The Bertz CT molecular complexity index is 960. The van der Waals surface area contributed by atoms with E-state index < -0.39 is 40.0 Å². The van der Waals surface area contributed by atoms with Gasteiger partial charge in [0, 0.05) is 16.7 Å². The second kappa shape index (κ2) is 6.19. The SMILES string of the molecule is COc1cc(C)c(O)c(-c2c(C(=O)O)c(N)[nH]c(=O)c2C(=O)O)c1C. The number of ether oxygens (including phenoxy) is 1. The maximum absolute atomic E-state index is 12.1. The molecule has 25 heavy (non-hydrogen) atoms. The van der Waals surface area contributed by atoms with Crippen LogP contribution in [-0.4, -0.2) is 39.4 Å².